The van der Waals surface area contributed by atoms with E-state index in [0.717, 1.165) is 11.1 Å². The smallest absolute Gasteiger partial charge is 0.325 e. The van der Waals surface area contributed by atoms with Crippen LogP contribution in [0.25, 0.3) is 22.2 Å². The van der Waals surface area contributed by atoms with Crippen molar-refractivity contribution in [3.8, 4) is 11.3 Å². The Morgan fingerprint density at radius 1 is 1.03 bits per heavy atom. The quantitative estimate of drug-likeness (QED) is 0.538. The maximum Gasteiger partial charge on any atom is 0.349 e. The van der Waals surface area contributed by atoms with Crippen molar-refractivity contribution in [2.75, 3.05) is 5.32 Å². The van der Waals surface area contributed by atoms with E-state index in [0.29, 0.717) is 27.3 Å². The highest BCUT2D eigenvalue weighted by Crippen LogP contribution is 2.27. The Morgan fingerprint density at radius 2 is 1.76 bits per heavy atom. The summed E-state index contributed by atoms with van der Waals surface area (Å²) in [5.74, 6) is -0.304. The number of aryl methyl sites for hydroxylation is 1. The Bertz CT molecular complexity index is 1250. The second-order valence-corrected chi connectivity index (χ2v) is 7.21. The summed E-state index contributed by atoms with van der Waals surface area (Å²) >= 11 is 6.20. The van der Waals surface area contributed by atoms with Gasteiger partial charge in [0.1, 0.15) is 6.54 Å². The molecular formula is C23H18ClN3O2. The van der Waals surface area contributed by atoms with Gasteiger partial charge in [0, 0.05) is 21.7 Å². The van der Waals surface area contributed by atoms with Crippen LogP contribution >= 0.6 is 11.6 Å². The molecule has 0 atom stereocenters. The lowest BCUT2D eigenvalue weighted by Crippen LogP contribution is -2.30. The summed E-state index contributed by atoms with van der Waals surface area (Å²) in [6, 6.07) is 22.1. The Kier molecular flexibility index (Phi) is 5.14. The maximum absolute atomic E-state index is 12.8. The first-order valence-corrected chi connectivity index (χ1v) is 9.51. The summed E-state index contributed by atoms with van der Waals surface area (Å²) in [5, 5.41) is 4.06. The van der Waals surface area contributed by atoms with Crippen molar-refractivity contribution in [1.82, 2.24) is 9.55 Å². The third-order valence-corrected chi connectivity index (χ3v) is 4.86. The molecule has 0 bridgehead atoms. The van der Waals surface area contributed by atoms with Gasteiger partial charge in [0.2, 0.25) is 5.91 Å². The minimum atomic E-state index is -0.488. The normalized spacial score (nSPS) is 10.8. The van der Waals surface area contributed by atoms with Crippen LogP contribution in [-0.4, -0.2) is 15.5 Å². The molecule has 0 aliphatic carbocycles. The van der Waals surface area contributed by atoms with Crippen LogP contribution in [0.3, 0.4) is 0 Å². The summed E-state index contributed by atoms with van der Waals surface area (Å²) in [6.07, 6.45) is 0. The number of anilines is 1. The molecule has 144 valence electrons. The van der Waals surface area contributed by atoms with Crippen LogP contribution in [0, 0.1) is 6.92 Å². The van der Waals surface area contributed by atoms with Gasteiger partial charge in [-0.3, -0.25) is 9.36 Å². The van der Waals surface area contributed by atoms with E-state index >= 15 is 0 Å². The highest BCUT2D eigenvalue weighted by atomic mass is 35.5. The zero-order chi connectivity index (χ0) is 20.4. The molecule has 1 amide bonds. The van der Waals surface area contributed by atoms with Crippen molar-refractivity contribution >= 4 is 34.1 Å². The number of carbonyl (C=O) groups is 1. The van der Waals surface area contributed by atoms with Crippen molar-refractivity contribution in [3.63, 3.8) is 0 Å². The standard InChI is InChI=1S/C23H18ClN3O2/c1-15-7-10-18(11-8-15)25-21(28)14-27-20-12-9-17(24)13-19(20)22(26-23(27)29)16-5-3-2-4-6-16/h2-13H,14H2,1H3,(H,25,28). The Balaban J connectivity index is 1.75. The van der Waals surface area contributed by atoms with E-state index in [1.807, 2.05) is 61.5 Å². The highest BCUT2D eigenvalue weighted by molar-refractivity contribution is 6.31. The molecule has 5 nitrogen and oxygen atoms in total. The molecule has 0 unspecified atom stereocenters. The number of benzene rings is 3. The summed E-state index contributed by atoms with van der Waals surface area (Å²) in [4.78, 5) is 29.6. The average Bonchev–Trinajstić information content (AvgIpc) is 2.72. The number of nitrogens with zero attached hydrogens (tertiary/aromatic N) is 2. The van der Waals surface area contributed by atoms with Gasteiger partial charge in [-0.05, 0) is 37.3 Å². The lowest BCUT2D eigenvalue weighted by Gasteiger charge is -2.13. The molecule has 0 radical (unpaired) electrons. The van der Waals surface area contributed by atoms with E-state index in [4.69, 9.17) is 11.6 Å². The lowest BCUT2D eigenvalue weighted by molar-refractivity contribution is -0.116. The molecule has 0 aliphatic heterocycles. The Labute approximate surface area is 172 Å². The first kappa shape index (κ1) is 18.9. The Hall–Kier alpha value is -3.44. The number of amides is 1. The van der Waals surface area contributed by atoms with Crippen LogP contribution in [-0.2, 0) is 11.3 Å². The van der Waals surface area contributed by atoms with Gasteiger partial charge in [0.05, 0.1) is 11.2 Å². The van der Waals surface area contributed by atoms with Crippen molar-refractivity contribution in [2.24, 2.45) is 0 Å². The highest BCUT2D eigenvalue weighted by Gasteiger charge is 2.15. The molecule has 0 fully saturated rings. The van der Waals surface area contributed by atoms with Gasteiger partial charge in [-0.15, -0.1) is 0 Å². The van der Waals surface area contributed by atoms with E-state index in [9.17, 15) is 9.59 Å². The molecule has 4 aromatic rings. The van der Waals surface area contributed by atoms with Crippen LogP contribution in [0.4, 0.5) is 5.69 Å². The molecule has 6 heteroatoms. The van der Waals surface area contributed by atoms with Gasteiger partial charge in [0.25, 0.3) is 0 Å². The van der Waals surface area contributed by atoms with Crippen LogP contribution in [0.5, 0.6) is 0 Å². The maximum atomic E-state index is 12.8. The van der Waals surface area contributed by atoms with E-state index in [1.165, 1.54) is 4.57 Å². The second-order valence-electron chi connectivity index (χ2n) is 6.77. The number of carbonyl (C=O) groups excluding carboxylic acids is 1. The fraction of sp³-hybridized carbons (Fsp3) is 0.0870. The molecule has 1 N–H and O–H groups in total. The topological polar surface area (TPSA) is 64.0 Å². The summed E-state index contributed by atoms with van der Waals surface area (Å²) in [5.41, 5.74) is 3.25. The number of rotatable bonds is 4. The predicted molar refractivity (Wildman–Crippen MR) is 116 cm³/mol. The molecule has 0 aliphatic rings. The minimum absolute atomic E-state index is 0.146. The van der Waals surface area contributed by atoms with E-state index < -0.39 is 5.69 Å². The predicted octanol–water partition coefficient (Wildman–Crippen LogP) is 4.66. The number of aromatic nitrogens is 2. The van der Waals surface area contributed by atoms with Gasteiger partial charge in [-0.1, -0.05) is 59.6 Å². The summed E-state index contributed by atoms with van der Waals surface area (Å²) in [7, 11) is 0. The zero-order valence-electron chi connectivity index (χ0n) is 15.7. The van der Waals surface area contributed by atoms with E-state index in [2.05, 4.69) is 10.3 Å². The van der Waals surface area contributed by atoms with Gasteiger partial charge in [0.15, 0.2) is 0 Å². The van der Waals surface area contributed by atoms with Crippen LogP contribution in [0.1, 0.15) is 5.56 Å². The fourth-order valence-electron chi connectivity index (χ4n) is 3.20. The molecule has 1 heterocycles. The van der Waals surface area contributed by atoms with Crippen LogP contribution in [0.2, 0.25) is 5.02 Å². The van der Waals surface area contributed by atoms with Gasteiger partial charge in [-0.2, -0.15) is 4.98 Å². The number of hydrogen-bond acceptors (Lipinski definition) is 3. The number of fused-ring (bicyclic) bond motifs is 1. The minimum Gasteiger partial charge on any atom is -0.325 e. The number of hydrogen-bond donors (Lipinski definition) is 1. The molecule has 29 heavy (non-hydrogen) atoms. The third-order valence-electron chi connectivity index (χ3n) is 4.63. The molecule has 3 aromatic carbocycles. The number of halogens is 1. The van der Waals surface area contributed by atoms with Crippen LogP contribution < -0.4 is 11.0 Å². The van der Waals surface area contributed by atoms with E-state index in [1.54, 1.807) is 18.2 Å². The molecule has 0 saturated carbocycles. The first-order valence-electron chi connectivity index (χ1n) is 9.13. The van der Waals surface area contributed by atoms with Gasteiger partial charge in [-0.25, -0.2) is 4.79 Å². The second kappa shape index (κ2) is 7.89. The molecule has 4 rings (SSSR count). The monoisotopic (exact) mass is 403 g/mol. The SMILES string of the molecule is Cc1ccc(NC(=O)Cn2c(=O)nc(-c3ccccc3)c3cc(Cl)ccc32)cc1. The zero-order valence-corrected chi connectivity index (χ0v) is 16.5. The third kappa shape index (κ3) is 4.05. The molecular weight excluding hydrogens is 386 g/mol. The summed E-state index contributed by atoms with van der Waals surface area (Å²) in [6.45, 7) is 1.83. The van der Waals surface area contributed by atoms with Crippen molar-refractivity contribution < 1.29 is 4.79 Å². The first-order chi connectivity index (χ1) is 14.0. The van der Waals surface area contributed by atoms with E-state index in [-0.39, 0.29) is 12.5 Å². The van der Waals surface area contributed by atoms with Crippen molar-refractivity contribution in [3.05, 3.63) is 93.9 Å². The van der Waals surface area contributed by atoms with Crippen molar-refractivity contribution in [1.29, 1.82) is 0 Å². The van der Waals surface area contributed by atoms with Gasteiger partial charge < -0.3 is 5.32 Å². The molecule has 0 saturated heterocycles. The fourth-order valence-corrected chi connectivity index (χ4v) is 3.37. The largest absolute Gasteiger partial charge is 0.349 e. The van der Waals surface area contributed by atoms with Crippen LogP contribution in [0.15, 0.2) is 77.6 Å². The Morgan fingerprint density at radius 3 is 2.48 bits per heavy atom. The molecule has 0 spiro atoms. The van der Waals surface area contributed by atoms with Gasteiger partial charge >= 0.3 is 5.69 Å². The summed E-state index contributed by atoms with van der Waals surface area (Å²) < 4.78 is 1.36. The van der Waals surface area contributed by atoms with Crippen molar-refractivity contribution in [2.45, 2.75) is 13.5 Å². The lowest BCUT2D eigenvalue weighted by atomic mass is 10.1. The number of nitrogens with one attached hydrogen (secondary N) is 1. The average molecular weight is 404 g/mol. The molecule has 1 aromatic heterocycles.